The SMILES string of the molecule is CCOCC(=O)Nc1ccc(N=C(C)N(C)C)cc1. The molecular weight excluding hydrogens is 242 g/mol. The third-order valence-electron chi connectivity index (χ3n) is 2.53. The molecular formula is C14H21N3O2. The average molecular weight is 263 g/mol. The zero-order valence-electron chi connectivity index (χ0n) is 11.9. The van der Waals surface area contributed by atoms with Crippen LogP contribution in [0.5, 0.6) is 0 Å². The monoisotopic (exact) mass is 263 g/mol. The highest BCUT2D eigenvalue weighted by Crippen LogP contribution is 2.16. The molecule has 1 aromatic rings. The molecule has 0 spiro atoms. The average Bonchev–Trinajstić information content (AvgIpc) is 2.38. The van der Waals surface area contributed by atoms with E-state index in [0.29, 0.717) is 6.61 Å². The quantitative estimate of drug-likeness (QED) is 0.655. The van der Waals surface area contributed by atoms with Crippen LogP contribution in [0.4, 0.5) is 11.4 Å². The van der Waals surface area contributed by atoms with Gasteiger partial charge in [0.25, 0.3) is 0 Å². The second-order valence-electron chi connectivity index (χ2n) is 4.29. The highest BCUT2D eigenvalue weighted by Gasteiger charge is 2.02. The Labute approximate surface area is 114 Å². The molecule has 0 unspecified atom stereocenters. The molecule has 1 aromatic carbocycles. The highest BCUT2D eigenvalue weighted by molar-refractivity contribution is 5.92. The molecule has 19 heavy (non-hydrogen) atoms. The van der Waals surface area contributed by atoms with Gasteiger partial charge >= 0.3 is 0 Å². The Morgan fingerprint density at radius 2 is 1.95 bits per heavy atom. The van der Waals surface area contributed by atoms with Crippen LogP contribution in [0.15, 0.2) is 29.3 Å². The van der Waals surface area contributed by atoms with Crippen LogP contribution in [0.1, 0.15) is 13.8 Å². The fourth-order valence-corrected chi connectivity index (χ4v) is 1.30. The zero-order chi connectivity index (χ0) is 14.3. The van der Waals surface area contributed by atoms with Crippen LogP contribution in [0, 0.1) is 0 Å². The lowest BCUT2D eigenvalue weighted by Crippen LogP contribution is -2.18. The molecule has 0 aliphatic rings. The maximum atomic E-state index is 11.5. The van der Waals surface area contributed by atoms with E-state index in [9.17, 15) is 4.79 Å². The van der Waals surface area contributed by atoms with Gasteiger partial charge in [-0.15, -0.1) is 0 Å². The molecule has 0 aliphatic carbocycles. The van der Waals surface area contributed by atoms with Crippen molar-refractivity contribution in [3.05, 3.63) is 24.3 Å². The Morgan fingerprint density at radius 3 is 2.47 bits per heavy atom. The normalized spacial score (nSPS) is 11.3. The molecule has 104 valence electrons. The number of benzene rings is 1. The van der Waals surface area contributed by atoms with Gasteiger partial charge in [0.1, 0.15) is 12.4 Å². The summed E-state index contributed by atoms with van der Waals surface area (Å²) in [5, 5.41) is 2.76. The number of amides is 1. The molecule has 1 N–H and O–H groups in total. The van der Waals surface area contributed by atoms with E-state index in [1.54, 1.807) is 0 Å². The number of aliphatic imine (C=N–C) groups is 1. The molecule has 0 heterocycles. The Kier molecular flexibility index (Phi) is 6.02. The summed E-state index contributed by atoms with van der Waals surface area (Å²) in [4.78, 5) is 17.8. The van der Waals surface area contributed by atoms with Gasteiger partial charge in [-0.3, -0.25) is 4.79 Å². The lowest BCUT2D eigenvalue weighted by molar-refractivity contribution is -0.120. The van der Waals surface area contributed by atoms with Crippen molar-refractivity contribution in [3.8, 4) is 0 Å². The van der Waals surface area contributed by atoms with Crippen LogP contribution in [0.3, 0.4) is 0 Å². The van der Waals surface area contributed by atoms with E-state index in [4.69, 9.17) is 4.74 Å². The highest BCUT2D eigenvalue weighted by atomic mass is 16.5. The van der Waals surface area contributed by atoms with Crippen molar-refractivity contribution in [2.24, 2.45) is 4.99 Å². The first-order valence-electron chi connectivity index (χ1n) is 6.23. The maximum Gasteiger partial charge on any atom is 0.250 e. The first-order chi connectivity index (χ1) is 9.02. The minimum Gasteiger partial charge on any atom is -0.372 e. The number of carbonyl (C=O) groups excluding carboxylic acids is 1. The molecule has 0 fully saturated rings. The third kappa shape index (κ3) is 5.52. The Balaban J connectivity index is 2.61. The number of anilines is 1. The van der Waals surface area contributed by atoms with E-state index in [1.807, 2.05) is 57.1 Å². The van der Waals surface area contributed by atoms with Gasteiger partial charge in [0.15, 0.2) is 0 Å². The Hall–Kier alpha value is -1.88. The predicted molar refractivity (Wildman–Crippen MR) is 78.0 cm³/mol. The standard InChI is InChI=1S/C14H21N3O2/c1-5-19-10-14(18)16-13-8-6-12(7-9-13)15-11(2)17(3)4/h6-9H,5,10H2,1-4H3,(H,16,18). The maximum absolute atomic E-state index is 11.5. The van der Waals surface area contributed by atoms with Gasteiger partial charge in [-0.05, 0) is 38.1 Å². The third-order valence-corrected chi connectivity index (χ3v) is 2.53. The lowest BCUT2D eigenvalue weighted by Gasteiger charge is -2.11. The predicted octanol–water partition coefficient (Wildman–Crippen LogP) is 2.27. The molecule has 0 saturated carbocycles. The number of amidine groups is 1. The fraction of sp³-hybridized carbons (Fsp3) is 0.429. The van der Waals surface area contributed by atoms with Crippen molar-refractivity contribution >= 4 is 23.1 Å². The van der Waals surface area contributed by atoms with E-state index < -0.39 is 0 Å². The molecule has 0 radical (unpaired) electrons. The van der Waals surface area contributed by atoms with Gasteiger partial charge in [-0.2, -0.15) is 0 Å². The molecule has 0 aromatic heterocycles. The van der Waals surface area contributed by atoms with Crippen LogP contribution in [0.25, 0.3) is 0 Å². The van der Waals surface area contributed by atoms with E-state index in [0.717, 1.165) is 17.2 Å². The number of nitrogens with zero attached hydrogens (tertiary/aromatic N) is 2. The van der Waals surface area contributed by atoms with Gasteiger partial charge in [0.2, 0.25) is 5.91 Å². The van der Waals surface area contributed by atoms with Gasteiger partial charge in [0.05, 0.1) is 5.69 Å². The minimum atomic E-state index is -0.150. The molecule has 0 saturated heterocycles. The number of ether oxygens (including phenoxy) is 1. The van der Waals surface area contributed by atoms with Gasteiger partial charge in [-0.1, -0.05) is 0 Å². The minimum absolute atomic E-state index is 0.0795. The van der Waals surface area contributed by atoms with Crippen molar-refractivity contribution in [1.29, 1.82) is 0 Å². The summed E-state index contributed by atoms with van der Waals surface area (Å²) in [7, 11) is 3.89. The van der Waals surface area contributed by atoms with Crippen LogP contribution >= 0.6 is 0 Å². The van der Waals surface area contributed by atoms with Crippen molar-refractivity contribution in [3.63, 3.8) is 0 Å². The van der Waals surface area contributed by atoms with Crippen molar-refractivity contribution in [2.75, 3.05) is 32.6 Å². The first-order valence-corrected chi connectivity index (χ1v) is 6.23. The van der Waals surface area contributed by atoms with E-state index in [-0.39, 0.29) is 12.5 Å². The molecule has 1 amide bonds. The Morgan fingerprint density at radius 1 is 1.32 bits per heavy atom. The molecule has 0 aliphatic heterocycles. The molecule has 0 atom stereocenters. The number of rotatable bonds is 5. The topological polar surface area (TPSA) is 53.9 Å². The van der Waals surface area contributed by atoms with E-state index in [1.165, 1.54) is 0 Å². The van der Waals surface area contributed by atoms with Crippen molar-refractivity contribution in [2.45, 2.75) is 13.8 Å². The summed E-state index contributed by atoms with van der Waals surface area (Å²) in [5.41, 5.74) is 1.60. The summed E-state index contributed by atoms with van der Waals surface area (Å²) in [6, 6.07) is 7.38. The van der Waals surface area contributed by atoms with E-state index >= 15 is 0 Å². The molecule has 5 heteroatoms. The first kappa shape index (κ1) is 15.2. The van der Waals surface area contributed by atoms with Crippen molar-refractivity contribution in [1.82, 2.24) is 4.90 Å². The van der Waals surface area contributed by atoms with Crippen LogP contribution in [-0.4, -0.2) is 44.0 Å². The largest absolute Gasteiger partial charge is 0.372 e. The summed E-state index contributed by atoms with van der Waals surface area (Å²) in [5.74, 6) is 0.774. The number of carbonyl (C=O) groups is 1. The Bertz CT molecular complexity index is 439. The van der Waals surface area contributed by atoms with Gasteiger partial charge in [-0.25, -0.2) is 4.99 Å². The zero-order valence-corrected chi connectivity index (χ0v) is 11.9. The fourth-order valence-electron chi connectivity index (χ4n) is 1.30. The van der Waals surface area contributed by atoms with Crippen LogP contribution in [0.2, 0.25) is 0 Å². The van der Waals surface area contributed by atoms with Gasteiger partial charge in [0, 0.05) is 26.4 Å². The molecule has 1 rings (SSSR count). The smallest absolute Gasteiger partial charge is 0.250 e. The molecule has 5 nitrogen and oxygen atoms in total. The molecule has 0 bridgehead atoms. The summed E-state index contributed by atoms with van der Waals surface area (Å²) >= 11 is 0. The number of hydrogen-bond donors (Lipinski definition) is 1. The lowest BCUT2D eigenvalue weighted by atomic mass is 10.3. The second kappa shape index (κ2) is 7.53. The van der Waals surface area contributed by atoms with Crippen LogP contribution in [-0.2, 0) is 9.53 Å². The van der Waals surface area contributed by atoms with E-state index in [2.05, 4.69) is 10.3 Å². The van der Waals surface area contributed by atoms with Crippen LogP contribution < -0.4 is 5.32 Å². The number of hydrogen-bond acceptors (Lipinski definition) is 3. The number of nitrogens with one attached hydrogen (secondary N) is 1. The van der Waals surface area contributed by atoms with Crippen molar-refractivity contribution < 1.29 is 9.53 Å². The second-order valence-corrected chi connectivity index (χ2v) is 4.29. The summed E-state index contributed by atoms with van der Waals surface area (Å²) in [6.45, 7) is 4.41. The van der Waals surface area contributed by atoms with Gasteiger partial charge < -0.3 is 15.0 Å². The summed E-state index contributed by atoms with van der Waals surface area (Å²) in [6.07, 6.45) is 0. The summed E-state index contributed by atoms with van der Waals surface area (Å²) < 4.78 is 5.03.